The van der Waals surface area contributed by atoms with Crippen LogP contribution in [0.5, 0.6) is 0 Å². The summed E-state index contributed by atoms with van der Waals surface area (Å²) in [6.45, 7) is 0. The molecule has 0 saturated heterocycles. The van der Waals surface area contributed by atoms with Gasteiger partial charge in [-0.25, -0.2) is 8.42 Å². The molecule has 4 heterocycles. The van der Waals surface area contributed by atoms with Gasteiger partial charge in [0.15, 0.2) is 0 Å². The highest BCUT2D eigenvalue weighted by atomic mass is 35.5. The summed E-state index contributed by atoms with van der Waals surface area (Å²) in [6.07, 6.45) is -2.64. The standard InChI is InChI=1S/C18H11ClF3N5O3S/c19-11-3-1-2-9-13(11)17-15(26-28)14-10(7-24-25-14)16(9)27(17)31(29,30)8-4-5-12(23-6-8)18(20,21)22/h1-7,16-17,28H,(H,24,25)/b26-15+. The topological polar surface area (TPSA) is 112 Å². The molecule has 13 heteroatoms. The highest BCUT2D eigenvalue weighted by Crippen LogP contribution is 2.55. The first-order valence-electron chi connectivity index (χ1n) is 8.77. The summed E-state index contributed by atoms with van der Waals surface area (Å²) in [7, 11) is -4.40. The van der Waals surface area contributed by atoms with Crippen LogP contribution >= 0.6 is 11.6 Å². The van der Waals surface area contributed by atoms with Gasteiger partial charge in [-0.2, -0.15) is 22.6 Å². The molecule has 2 bridgehead atoms. The van der Waals surface area contributed by atoms with E-state index in [9.17, 15) is 26.8 Å². The number of rotatable bonds is 2. The van der Waals surface area contributed by atoms with E-state index >= 15 is 0 Å². The molecule has 1 aromatic carbocycles. The number of benzene rings is 1. The Morgan fingerprint density at radius 3 is 2.55 bits per heavy atom. The van der Waals surface area contributed by atoms with Crippen molar-refractivity contribution in [2.24, 2.45) is 5.16 Å². The van der Waals surface area contributed by atoms with E-state index in [2.05, 4.69) is 20.3 Å². The lowest BCUT2D eigenvalue weighted by Gasteiger charge is -2.33. The predicted octanol–water partition coefficient (Wildman–Crippen LogP) is 3.50. The zero-order valence-electron chi connectivity index (χ0n) is 15.2. The first kappa shape index (κ1) is 20.0. The summed E-state index contributed by atoms with van der Waals surface area (Å²) >= 11 is 6.38. The molecular formula is C18H11ClF3N5O3S. The zero-order valence-corrected chi connectivity index (χ0v) is 16.7. The Kier molecular flexibility index (Phi) is 4.20. The molecule has 0 saturated carbocycles. The molecule has 0 amide bonds. The lowest BCUT2D eigenvalue weighted by atomic mass is 9.99. The van der Waals surface area contributed by atoms with E-state index in [1.54, 1.807) is 18.2 Å². The molecule has 0 spiro atoms. The summed E-state index contributed by atoms with van der Waals surface area (Å²) in [6, 6.07) is 4.39. The Labute approximate surface area is 178 Å². The van der Waals surface area contributed by atoms with Crippen molar-refractivity contribution >= 4 is 27.3 Å². The van der Waals surface area contributed by atoms with Gasteiger partial charge in [-0.1, -0.05) is 28.9 Å². The number of alkyl halides is 3. The maximum absolute atomic E-state index is 13.6. The number of aromatic amines is 1. The van der Waals surface area contributed by atoms with Crippen molar-refractivity contribution < 1.29 is 26.8 Å². The quantitative estimate of drug-likeness (QED) is 0.440. The Bertz CT molecular complexity index is 1340. The fraction of sp³-hybridized carbons (Fsp3) is 0.167. The van der Waals surface area contributed by atoms with Crippen molar-refractivity contribution in [3.05, 3.63) is 75.8 Å². The fourth-order valence-electron chi connectivity index (χ4n) is 4.11. The number of aromatic nitrogens is 3. The van der Waals surface area contributed by atoms with Crippen LogP contribution in [0.1, 0.15) is 40.2 Å². The van der Waals surface area contributed by atoms with E-state index in [0.717, 1.165) is 10.4 Å². The second kappa shape index (κ2) is 6.52. The predicted molar refractivity (Wildman–Crippen MR) is 101 cm³/mol. The van der Waals surface area contributed by atoms with Gasteiger partial charge in [-0.3, -0.25) is 10.1 Å². The number of hydrogen-bond acceptors (Lipinski definition) is 6. The van der Waals surface area contributed by atoms with Gasteiger partial charge in [0.1, 0.15) is 22.3 Å². The largest absolute Gasteiger partial charge is 0.433 e. The van der Waals surface area contributed by atoms with Crippen LogP contribution in [0.4, 0.5) is 13.2 Å². The molecule has 31 heavy (non-hydrogen) atoms. The average molecular weight is 470 g/mol. The van der Waals surface area contributed by atoms with Crippen molar-refractivity contribution in [1.82, 2.24) is 19.5 Å². The summed E-state index contributed by atoms with van der Waals surface area (Å²) in [5.74, 6) is 0. The molecule has 2 atom stereocenters. The molecular weight excluding hydrogens is 459 g/mol. The highest BCUT2D eigenvalue weighted by molar-refractivity contribution is 7.89. The van der Waals surface area contributed by atoms with Crippen LogP contribution in [0.15, 0.2) is 52.8 Å². The Morgan fingerprint density at radius 1 is 1.13 bits per heavy atom. The smallest absolute Gasteiger partial charge is 0.411 e. The van der Waals surface area contributed by atoms with Crippen molar-refractivity contribution in [2.75, 3.05) is 0 Å². The van der Waals surface area contributed by atoms with E-state index < -0.39 is 38.9 Å². The third-order valence-corrected chi connectivity index (χ3v) is 7.50. The van der Waals surface area contributed by atoms with Crippen LogP contribution in [0.25, 0.3) is 0 Å². The molecule has 3 aromatic rings. The second-order valence-electron chi connectivity index (χ2n) is 6.95. The van der Waals surface area contributed by atoms with Crippen LogP contribution in [0.2, 0.25) is 5.02 Å². The Balaban J connectivity index is 1.73. The molecule has 2 aliphatic heterocycles. The third-order valence-electron chi connectivity index (χ3n) is 5.35. The molecule has 160 valence electrons. The first-order chi connectivity index (χ1) is 14.7. The third kappa shape index (κ3) is 2.71. The van der Waals surface area contributed by atoms with E-state index in [1.165, 1.54) is 6.20 Å². The van der Waals surface area contributed by atoms with Crippen molar-refractivity contribution in [3.63, 3.8) is 0 Å². The van der Waals surface area contributed by atoms with Crippen LogP contribution in [0.3, 0.4) is 0 Å². The molecule has 0 fully saturated rings. The summed E-state index contributed by atoms with van der Waals surface area (Å²) < 4.78 is 66.8. The SMILES string of the molecule is O=S(=O)(c1ccc(C(F)(F)F)nc1)N1C2/C(=N/O)c3[nH]ncc3C1c1cccc(Cl)c12. The van der Waals surface area contributed by atoms with Gasteiger partial charge >= 0.3 is 6.18 Å². The van der Waals surface area contributed by atoms with E-state index in [4.69, 9.17) is 11.6 Å². The van der Waals surface area contributed by atoms with Gasteiger partial charge in [0.2, 0.25) is 10.0 Å². The number of fused-ring (bicyclic) bond motifs is 7. The van der Waals surface area contributed by atoms with Gasteiger partial charge in [0.25, 0.3) is 0 Å². The van der Waals surface area contributed by atoms with E-state index in [1.807, 2.05) is 0 Å². The second-order valence-corrected chi connectivity index (χ2v) is 9.20. The summed E-state index contributed by atoms with van der Waals surface area (Å²) in [4.78, 5) is 2.83. The summed E-state index contributed by atoms with van der Waals surface area (Å²) in [5.41, 5.74) is 0.515. The minimum absolute atomic E-state index is 0.0287. The molecule has 2 N–H and O–H groups in total. The lowest BCUT2D eigenvalue weighted by Crippen LogP contribution is -2.41. The highest BCUT2D eigenvalue weighted by Gasteiger charge is 2.55. The maximum atomic E-state index is 13.6. The van der Waals surface area contributed by atoms with Crippen molar-refractivity contribution in [3.8, 4) is 0 Å². The summed E-state index contributed by atoms with van der Waals surface area (Å²) in [5, 5.41) is 19.9. The lowest BCUT2D eigenvalue weighted by molar-refractivity contribution is -0.141. The van der Waals surface area contributed by atoms with Crippen LogP contribution in [-0.2, 0) is 16.2 Å². The number of pyridine rings is 1. The monoisotopic (exact) mass is 469 g/mol. The average Bonchev–Trinajstić information content (AvgIpc) is 3.31. The first-order valence-corrected chi connectivity index (χ1v) is 10.6. The van der Waals surface area contributed by atoms with Gasteiger partial charge < -0.3 is 5.21 Å². The number of H-pyrrole nitrogens is 1. The molecule has 8 nitrogen and oxygen atoms in total. The van der Waals surface area contributed by atoms with Gasteiger partial charge in [-0.15, -0.1) is 0 Å². The van der Waals surface area contributed by atoms with Crippen LogP contribution < -0.4 is 0 Å². The zero-order chi connectivity index (χ0) is 22.1. The van der Waals surface area contributed by atoms with Gasteiger partial charge in [-0.05, 0) is 23.8 Å². The minimum Gasteiger partial charge on any atom is -0.411 e. The molecule has 0 radical (unpaired) electrons. The maximum Gasteiger partial charge on any atom is 0.433 e. The number of halogens is 4. The molecule has 5 rings (SSSR count). The molecule has 2 aliphatic rings. The fourth-order valence-corrected chi connectivity index (χ4v) is 6.05. The van der Waals surface area contributed by atoms with Crippen molar-refractivity contribution in [2.45, 2.75) is 23.2 Å². The van der Waals surface area contributed by atoms with E-state index in [0.29, 0.717) is 34.6 Å². The minimum atomic E-state index is -4.71. The molecule has 0 aliphatic carbocycles. The number of hydrogen-bond donors (Lipinski definition) is 2. The van der Waals surface area contributed by atoms with Crippen LogP contribution in [-0.4, -0.2) is 38.8 Å². The number of nitrogens with one attached hydrogen (secondary N) is 1. The van der Waals surface area contributed by atoms with Gasteiger partial charge in [0, 0.05) is 22.3 Å². The van der Waals surface area contributed by atoms with Gasteiger partial charge in [0.05, 0.1) is 17.9 Å². The van der Waals surface area contributed by atoms with E-state index in [-0.39, 0.29) is 10.7 Å². The normalized spacial score (nSPS) is 21.9. The number of oxime groups is 1. The Morgan fingerprint density at radius 2 is 1.90 bits per heavy atom. The van der Waals surface area contributed by atoms with Crippen LogP contribution in [0, 0.1) is 0 Å². The molecule has 2 unspecified atom stereocenters. The molecule has 2 aromatic heterocycles. The number of sulfonamides is 1. The number of nitrogens with zero attached hydrogens (tertiary/aromatic N) is 4. The Hall–Kier alpha value is -2.96. The van der Waals surface area contributed by atoms with Crippen molar-refractivity contribution in [1.29, 1.82) is 0 Å².